The van der Waals surface area contributed by atoms with Gasteiger partial charge < -0.3 is 14.2 Å². The van der Waals surface area contributed by atoms with E-state index in [4.69, 9.17) is 14.2 Å². The van der Waals surface area contributed by atoms with Gasteiger partial charge in [0.2, 0.25) is 0 Å². The van der Waals surface area contributed by atoms with Gasteiger partial charge in [-0.05, 0) is 77.0 Å². The lowest BCUT2D eigenvalue weighted by atomic mass is 10.0. The predicted molar refractivity (Wildman–Crippen MR) is 326 cm³/mol. The number of esters is 3. The molecule has 1 atom stereocenters. The fourth-order valence-electron chi connectivity index (χ4n) is 10.1. The van der Waals surface area contributed by atoms with Crippen molar-refractivity contribution >= 4 is 17.9 Å². The van der Waals surface area contributed by atoms with E-state index in [9.17, 15) is 14.4 Å². The summed E-state index contributed by atoms with van der Waals surface area (Å²) in [5.74, 6) is -0.853. The second-order valence-electron chi connectivity index (χ2n) is 22.7. The van der Waals surface area contributed by atoms with Crippen LogP contribution in [0.2, 0.25) is 0 Å². The molecule has 0 bridgehead atoms. The maximum Gasteiger partial charge on any atom is 0.306 e. The molecule has 0 amide bonds. The summed E-state index contributed by atoms with van der Waals surface area (Å²) in [4.78, 5) is 38.3. The van der Waals surface area contributed by atoms with E-state index in [1.165, 1.54) is 257 Å². The number of rotatable bonds is 62. The highest BCUT2D eigenvalue weighted by Crippen LogP contribution is 2.18. The number of unbranched alkanes of at least 4 members (excludes halogenated alkanes) is 45. The van der Waals surface area contributed by atoms with E-state index >= 15 is 0 Å². The molecule has 0 rings (SSSR count). The van der Waals surface area contributed by atoms with Crippen molar-refractivity contribution in [2.75, 3.05) is 13.2 Å². The number of ether oxygens (including phenoxy) is 3. The molecule has 0 aliphatic rings. The van der Waals surface area contributed by atoms with Crippen LogP contribution in [0, 0.1) is 0 Å². The molecule has 0 aromatic carbocycles. The highest BCUT2D eigenvalue weighted by atomic mass is 16.6. The third-order valence-electron chi connectivity index (χ3n) is 15.1. The minimum Gasteiger partial charge on any atom is -0.462 e. The van der Waals surface area contributed by atoms with Crippen molar-refractivity contribution in [3.05, 3.63) is 36.5 Å². The zero-order chi connectivity index (χ0) is 54.3. The van der Waals surface area contributed by atoms with E-state index in [2.05, 4.69) is 57.2 Å². The summed E-state index contributed by atoms with van der Waals surface area (Å²) in [5.41, 5.74) is 0. The van der Waals surface area contributed by atoms with E-state index in [1.807, 2.05) is 0 Å². The topological polar surface area (TPSA) is 78.9 Å². The molecule has 6 heteroatoms. The molecule has 0 radical (unpaired) electrons. The van der Waals surface area contributed by atoms with Crippen molar-refractivity contribution in [2.24, 2.45) is 0 Å². The Morgan fingerprint density at radius 1 is 0.267 bits per heavy atom. The SMILES string of the molecule is CCCCCC/C=C\CCCCCCCC(=O)OCC(COC(=O)CCCCCCCCCCCCCCCCCCC/C=C\C/C=C\CCCCCCC)OC(=O)CCCCCCCCCCCCCCCCC. The van der Waals surface area contributed by atoms with Crippen LogP contribution < -0.4 is 0 Å². The average molecular weight is 1050 g/mol. The van der Waals surface area contributed by atoms with Gasteiger partial charge in [0.15, 0.2) is 6.10 Å². The lowest BCUT2D eigenvalue weighted by Crippen LogP contribution is -2.30. The quantitative estimate of drug-likeness (QED) is 0.0261. The van der Waals surface area contributed by atoms with Gasteiger partial charge >= 0.3 is 17.9 Å². The summed E-state index contributed by atoms with van der Waals surface area (Å²) >= 11 is 0. The normalized spacial score (nSPS) is 12.2. The van der Waals surface area contributed by atoms with Crippen LogP contribution in [0.4, 0.5) is 0 Å². The number of carbonyl (C=O) groups is 3. The third-order valence-corrected chi connectivity index (χ3v) is 15.1. The maximum absolute atomic E-state index is 12.9. The maximum atomic E-state index is 12.9. The molecule has 440 valence electrons. The van der Waals surface area contributed by atoms with Crippen molar-refractivity contribution in [1.82, 2.24) is 0 Å². The van der Waals surface area contributed by atoms with Crippen molar-refractivity contribution < 1.29 is 28.6 Å². The fourth-order valence-corrected chi connectivity index (χ4v) is 10.1. The molecule has 0 spiro atoms. The fraction of sp³-hybridized carbons (Fsp3) is 0.870. The van der Waals surface area contributed by atoms with E-state index in [1.54, 1.807) is 0 Å². The van der Waals surface area contributed by atoms with Gasteiger partial charge in [0.1, 0.15) is 13.2 Å². The van der Waals surface area contributed by atoms with Crippen molar-refractivity contribution in [2.45, 2.75) is 374 Å². The van der Waals surface area contributed by atoms with E-state index in [0.29, 0.717) is 19.3 Å². The first-order valence-corrected chi connectivity index (χ1v) is 33.5. The molecule has 1 unspecified atom stereocenters. The molecule has 0 saturated carbocycles. The molecule has 0 saturated heterocycles. The Kier molecular flexibility index (Phi) is 62.1. The van der Waals surface area contributed by atoms with E-state index in [0.717, 1.165) is 70.6 Å². The van der Waals surface area contributed by atoms with Gasteiger partial charge in [0.25, 0.3) is 0 Å². The predicted octanol–water partition coefficient (Wildman–Crippen LogP) is 22.8. The van der Waals surface area contributed by atoms with Gasteiger partial charge in [-0.2, -0.15) is 0 Å². The highest BCUT2D eigenvalue weighted by molar-refractivity contribution is 5.71. The molecule has 6 nitrogen and oxygen atoms in total. The van der Waals surface area contributed by atoms with Crippen molar-refractivity contribution in [1.29, 1.82) is 0 Å². The molecular formula is C69H128O6. The Morgan fingerprint density at radius 3 is 0.760 bits per heavy atom. The molecular weight excluding hydrogens is 925 g/mol. The van der Waals surface area contributed by atoms with Crippen LogP contribution in [0.25, 0.3) is 0 Å². The van der Waals surface area contributed by atoms with Gasteiger partial charge in [-0.3, -0.25) is 14.4 Å². The zero-order valence-electron chi connectivity index (χ0n) is 50.6. The Morgan fingerprint density at radius 2 is 0.480 bits per heavy atom. The average Bonchev–Trinajstić information content (AvgIpc) is 3.41. The van der Waals surface area contributed by atoms with Crippen LogP contribution in [-0.2, 0) is 28.6 Å². The van der Waals surface area contributed by atoms with E-state index in [-0.39, 0.29) is 31.1 Å². The van der Waals surface area contributed by atoms with Gasteiger partial charge in [-0.15, -0.1) is 0 Å². The number of allylic oxidation sites excluding steroid dienone is 6. The first-order valence-electron chi connectivity index (χ1n) is 33.5. The summed E-state index contributed by atoms with van der Waals surface area (Å²) in [6.07, 6.45) is 78.8. The number of hydrogen-bond donors (Lipinski definition) is 0. The van der Waals surface area contributed by atoms with Crippen LogP contribution in [0.15, 0.2) is 36.5 Å². The molecule has 0 aliphatic carbocycles. The van der Waals surface area contributed by atoms with Crippen LogP contribution in [0.1, 0.15) is 367 Å². The third kappa shape index (κ3) is 62.4. The molecule has 0 N–H and O–H groups in total. The number of hydrogen-bond acceptors (Lipinski definition) is 6. The zero-order valence-corrected chi connectivity index (χ0v) is 50.6. The standard InChI is InChI=1S/C69H128O6/c1-4-7-10-13-16-19-22-25-27-28-29-30-31-32-33-34-35-36-37-38-39-40-42-44-47-50-53-56-59-62-68(71)74-65-66(64-73-67(70)61-58-55-52-49-46-43-24-21-18-15-12-9-6-3)75-69(72)63-60-57-54-51-48-45-41-26-23-20-17-14-11-8-5-2/h21-22,24-25,28-29,66H,4-20,23,26-27,30-65H2,1-3H3/b24-21-,25-22-,29-28-. The summed E-state index contributed by atoms with van der Waals surface area (Å²) < 4.78 is 16.9. The highest BCUT2D eigenvalue weighted by Gasteiger charge is 2.19. The molecule has 0 aliphatic heterocycles. The Balaban J connectivity index is 4.16. The molecule has 0 heterocycles. The lowest BCUT2D eigenvalue weighted by Gasteiger charge is -2.18. The van der Waals surface area contributed by atoms with Crippen molar-refractivity contribution in [3.63, 3.8) is 0 Å². The molecule has 0 fully saturated rings. The summed E-state index contributed by atoms with van der Waals surface area (Å²) in [7, 11) is 0. The second-order valence-corrected chi connectivity index (χ2v) is 22.7. The summed E-state index contributed by atoms with van der Waals surface area (Å²) in [5, 5.41) is 0. The molecule has 75 heavy (non-hydrogen) atoms. The van der Waals surface area contributed by atoms with E-state index < -0.39 is 6.10 Å². The van der Waals surface area contributed by atoms with Crippen LogP contribution in [0.5, 0.6) is 0 Å². The minimum atomic E-state index is -0.772. The van der Waals surface area contributed by atoms with Crippen LogP contribution >= 0.6 is 0 Å². The first-order chi connectivity index (χ1) is 37.0. The lowest BCUT2D eigenvalue weighted by molar-refractivity contribution is -0.167. The number of carbonyl (C=O) groups excluding carboxylic acids is 3. The Labute approximate surface area is 467 Å². The second kappa shape index (κ2) is 64.2. The first kappa shape index (κ1) is 72.6. The summed E-state index contributed by atoms with van der Waals surface area (Å²) in [6, 6.07) is 0. The minimum absolute atomic E-state index is 0.0692. The largest absolute Gasteiger partial charge is 0.462 e. The monoisotopic (exact) mass is 1050 g/mol. The summed E-state index contributed by atoms with van der Waals surface area (Å²) in [6.45, 7) is 6.67. The van der Waals surface area contributed by atoms with Gasteiger partial charge in [0, 0.05) is 19.3 Å². The van der Waals surface area contributed by atoms with Crippen molar-refractivity contribution in [3.8, 4) is 0 Å². The smallest absolute Gasteiger partial charge is 0.306 e. The van der Waals surface area contributed by atoms with Crippen LogP contribution in [-0.4, -0.2) is 37.2 Å². The Bertz CT molecular complexity index is 1250. The van der Waals surface area contributed by atoms with Crippen LogP contribution in [0.3, 0.4) is 0 Å². The van der Waals surface area contributed by atoms with Gasteiger partial charge in [-0.1, -0.05) is 308 Å². The van der Waals surface area contributed by atoms with Gasteiger partial charge in [-0.25, -0.2) is 0 Å². The van der Waals surface area contributed by atoms with Gasteiger partial charge in [0.05, 0.1) is 0 Å². The molecule has 0 aromatic rings. The Hall–Kier alpha value is -2.37. The molecule has 0 aromatic heterocycles.